The Balaban J connectivity index is 1.55. The number of hydrogen-bond acceptors (Lipinski definition) is 2. The van der Waals surface area contributed by atoms with Gasteiger partial charge in [0.25, 0.3) is 0 Å². The zero-order valence-electron chi connectivity index (χ0n) is 20.0. The Morgan fingerprint density at radius 3 is 2.42 bits per heavy atom. The van der Waals surface area contributed by atoms with Crippen LogP contribution in [0.25, 0.3) is 16.5 Å². The second kappa shape index (κ2) is 9.08. The molecule has 2 atom stereocenters. The molecule has 4 nitrogen and oxygen atoms in total. The molecule has 6 rings (SSSR count). The fraction of sp³-hybridized carbons (Fsp3) is 0.133. The van der Waals surface area contributed by atoms with Crippen molar-refractivity contribution in [3.63, 3.8) is 0 Å². The highest BCUT2D eigenvalue weighted by Crippen LogP contribution is 2.44. The zero-order valence-corrected chi connectivity index (χ0v) is 21.6. The van der Waals surface area contributed by atoms with E-state index < -0.39 is 0 Å². The molecular weight excluding hydrogens is 484 g/mol. The van der Waals surface area contributed by atoms with Gasteiger partial charge in [-0.05, 0) is 85.5 Å². The van der Waals surface area contributed by atoms with Crippen molar-refractivity contribution in [1.82, 2.24) is 14.9 Å². The molecule has 1 fully saturated rings. The van der Waals surface area contributed by atoms with Gasteiger partial charge in [0, 0.05) is 33.7 Å². The molecule has 1 aliphatic rings. The number of nitrogens with one attached hydrogen (secondary N) is 1. The van der Waals surface area contributed by atoms with Crippen molar-refractivity contribution in [2.24, 2.45) is 0 Å². The standard InChI is InChI=1S/C30H25ClN4S/c1-19-18-25(20(2)34(19)27-12-7-9-21-8-3-4-10-24(21)27)29-28(26-11-5-6-17-32-26)33-30(36)35(29)23-15-13-22(31)14-16-23/h3-18,28-29H,1-2H3,(H,33,36)/t28-,29+/m1/s1. The Morgan fingerprint density at radius 1 is 0.889 bits per heavy atom. The molecule has 0 amide bonds. The maximum absolute atomic E-state index is 6.22. The van der Waals surface area contributed by atoms with Crippen LogP contribution in [0.15, 0.2) is 97.2 Å². The highest BCUT2D eigenvalue weighted by atomic mass is 35.5. The van der Waals surface area contributed by atoms with E-state index >= 15 is 0 Å². The smallest absolute Gasteiger partial charge is 0.174 e. The van der Waals surface area contributed by atoms with E-state index in [1.54, 1.807) is 0 Å². The normalized spacial score (nSPS) is 17.5. The van der Waals surface area contributed by atoms with Crippen molar-refractivity contribution in [2.45, 2.75) is 25.9 Å². The molecule has 5 aromatic rings. The maximum atomic E-state index is 6.22. The first-order valence-electron chi connectivity index (χ1n) is 12.0. The Bertz CT molecular complexity index is 1570. The predicted molar refractivity (Wildman–Crippen MR) is 152 cm³/mol. The number of fused-ring (bicyclic) bond motifs is 1. The molecule has 1 aliphatic heterocycles. The van der Waals surface area contributed by atoms with Gasteiger partial charge in [0.2, 0.25) is 0 Å². The van der Waals surface area contributed by atoms with E-state index in [1.165, 1.54) is 33.4 Å². The number of aromatic nitrogens is 2. The van der Waals surface area contributed by atoms with Gasteiger partial charge in [-0.2, -0.15) is 0 Å². The lowest BCUT2D eigenvalue weighted by atomic mass is 9.96. The monoisotopic (exact) mass is 508 g/mol. The summed E-state index contributed by atoms with van der Waals surface area (Å²) in [7, 11) is 0. The largest absolute Gasteiger partial charge is 0.351 e. The Kier molecular flexibility index (Phi) is 5.75. The molecule has 1 saturated heterocycles. The summed E-state index contributed by atoms with van der Waals surface area (Å²) >= 11 is 12.1. The van der Waals surface area contributed by atoms with E-state index in [4.69, 9.17) is 28.8 Å². The van der Waals surface area contributed by atoms with E-state index in [2.05, 4.69) is 83.2 Å². The topological polar surface area (TPSA) is 33.1 Å². The summed E-state index contributed by atoms with van der Waals surface area (Å²) < 4.78 is 2.36. The van der Waals surface area contributed by atoms with Crippen molar-refractivity contribution in [1.29, 1.82) is 0 Å². The van der Waals surface area contributed by atoms with E-state index in [0.717, 1.165) is 11.4 Å². The highest BCUT2D eigenvalue weighted by molar-refractivity contribution is 7.80. The molecule has 178 valence electrons. The molecule has 0 aliphatic carbocycles. The van der Waals surface area contributed by atoms with E-state index in [0.29, 0.717) is 10.1 Å². The first-order chi connectivity index (χ1) is 17.5. The van der Waals surface area contributed by atoms with Gasteiger partial charge in [-0.15, -0.1) is 0 Å². The summed E-state index contributed by atoms with van der Waals surface area (Å²) in [5.41, 5.74) is 6.69. The average Bonchev–Trinajstić information content (AvgIpc) is 3.39. The number of thiocarbonyl (C=S) groups is 1. The molecule has 3 aromatic carbocycles. The quantitative estimate of drug-likeness (QED) is 0.255. The molecule has 36 heavy (non-hydrogen) atoms. The first-order valence-corrected chi connectivity index (χ1v) is 12.7. The van der Waals surface area contributed by atoms with Crippen LogP contribution in [0.4, 0.5) is 5.69 Å². The molecule has 0 unspecified atom stereocenters. The van der Waals surface area contributed by atoms with Crippen LogP contribution in [0.1, 0.15) is 34.7 Å². The summed E-state index contributed by atoms with van der Waals surface area (Å²) in [6.45, 7) is 4.36. The third kappa shape index (κ3) is 3.76. The van der Waals surface area contributed by atoms with Crippen LogP contribution >= 0.6 is 23.8 Å². The van der Waals surface area contributed by atoms with Crippen molar-refractivity contribution in [3.8, 4) is 5.69 Å². The fourth-order valence-electron chi connectivity index (χ4n) is 5.41. The van der Waals surface area contributed by atoms with Gasteiger partial charge in [-0.1, -0.05) is 54.1 Å². The lowest BCUT2D eigenvalue weighted by Crippen LogP contribution is -2.29. The Hall–Kier alpha value is -3.67. The number of pyridine rings is 1. The minimum Gasteiger partial charge on any atom is -0.351 e. The van der Waals surface area contributed by atoms with E-state index in [-0.39, 0.29) is 12.1 Å². The lowest BCUT2D eigenvalue weighted by Gasteiger charge is -2.28. The van der Waals surface area contributed by atoms with E-state index in [9.17, 15) is 0 Å². The molecule has 1 N–H and O–H groups in total. The first kappa shape index (κ1) is 22.8. The van der Waals surface area contributed by atoms with Crippen LogP contribution in [0.3, 0.4) is 0 Å². The Morgan fingerprint density at radius 2 is 1.64 bits per heavy atom. The number of halogens is 1. The zero-order chi connectivity index (χ0) is 24.8. The second-order valence-electron chi connectivity index (χ2n) is 9.13. The number of aryl methyl sites for hydroxylation is 1. The fourth-order valence-corrected chi connectivity index (χ4v) is 5.88. The molecule has 0 saturated carbocycles. The van der Waals surface area contributed by atoms with Crippen molar-refractivity contribution < 1.29 is 0 Å². The second-order valence-corrected chi connectivity index (χ2v) is 9.96. The summed E-state index contributed by atoms with van der Waals surface area (Å²) in [6, 6.07) is 31.0. The molecule has 2 aromatic heterocycles. The summed E-state index contributed by atoms with van der Waals surface area (Å²) in [5.74, 6) is 0. The van der Waals surface area contributed by atoms with E-state index in [1.807, 2.05) is 42.6 Å². The molecule has 0 bridgehead atoms. The molecule has 0 spiro atoms. The molecule has 3 heterocycles. The lowest BCUT2D eigenvalue weighted by molar-refractivity contribution is 0.565. The van der Waals surface area contributed by atoms with Crippen LogP contribution in [0.5, 0.6) is 0 Å². The third-order valence-corrected chi connectivity index (χ3v) is 7.57. The van der Waals surface area contributed by atoms with Crippen LogP contribution in [-0.4, -0.2) is 14.7 Å². The minimum absolute atomic E-state index is 0.0801. The summed E-state index contributed by atoms with van der Waals surface area (Å²) in [5, 5.41) is 7.38. The van der Waals surface area contributed by atoms with Crippen LogP contribution < -0.4 is 10.2 Å². The molecule has 0 radical (unpaired) electrons. The van der Waals surface area contributed by atoms with Crippen LogP contribution in [-0.2, 0) is 0 Å². The van der Waals surface area contributed by atoms with Gasteiger partial charge >= 0.3 is 0 Å². The van der Waals surface area contributed by atoms with Gasteiger partial charge in [0.1, 0.15) is 0 Å². The SMILES string of the molecule is Cc1cc([C@H]2[C@@H](c3ccccn3)NC(=S)N2c2ccc(Cl)cc2)c(C)n1-c1cccc2ccccc12. The Labute approximate surface area is 221 Å². The maximum Gasteiger partial charge on any atom is 0.174 e. The summed E-state index contributed by atoms with van der Waals surface area (Å²) in [4.78, 5) is 6.89. The van der Waals surface area contributed by atoms with Gasteiger partial charge in [-0.3, -0.25) is 4.98 Å². The minimum atomic E-state index is -0.101. The van der Waals surface area contributed by atoms with Crippen molar-refractivity contribution in [2.75, 3.05) is 4.90 Å². The number of rotatable bonds is 4. The van der Waals surface area contributed by atoms with Gasteiger partial charge in [-0.25, -0.2) is 0 Å². The highest BCUT2D eigenvalue weighted by Gasteiger charge is 2.42. The number of benzene rings is 3. The third-order valence-electron chi connectivity index (χ3n) is 7.00. The van der Waals surface area contributed by atoms with Crippen LogP contribution in [0.2, 0.25) is 5.02 Å². The predicted octanol–water partition coefficient (Wildman–Crippen LogP) is 7.47. The molecular formula is C30H25ClN4S. The van der Waals surface area contributed by atoms with Crippen molar-refractivity contribution in [3.05, 3.63) is 125 Å². The molecule has 6 heteroatoms. The number of hydrogen-bond donors (Lipinski definition) is 1. The average molecular weight is 509 g/mol. The van der Waals surface area contributed by atoms with Crippen LogP contribution in [0, 0.1) is 13.8 Å². The summed E-state index contributed by atoms with van der Waals surface area (Å²) in [6.07, 6.45) is 1.83. The van der Waals surface area contributed by atoms with Gasteiger partial charge < -0.3 is 14.8 Å². The van der Waals surface area contributed by atoms with Gasteiger partial charge in [0.05, 0.1) is 23.5 Å². The van der Waals surface area contributed by atoms with Crippen molar-refractivity contribution >= 4 is 45.4 Å². The number of nitrogens with zero attached hydrogens (tertiary/aromatic N) is 3. The van der Waals surface area contributed by atoms with Gasteiger partial charge in [0.15, 0.2) is 5.11 Å². The number of anilines is 1.